The lowest BCUT2D eigenvalue weighted by atomic mass is 10.1. The van der Waals surface area contributed by atoms with Crippen LogP contribution in [0.15, 0.2) is 23.1 Å². The van der Waals surface area contributed by atoms with Crippen molar-refractivity contribution in [2.24, 2.45) is 0 Å². The summed E-state index contributed by atoms with van der Waals surface area (Å²) in [5, 5.41) is 0. The molecule has 0 radical (unpaired) electrons. The largest absolute Gasteiger partial charge is 0.308 e. The zero-order chi connectivity index (χ0) is 12.5. The quantitative estimate of drug-likeness (QED) is 0.768. The number of nitrogens with zero attached hydrogens (tertiary/aromatic N) is 1. The van der Waals surface area contributed by atoms with E-state index in [0.29, 0.717) is 17.4 Å². The molecule has 0 unspecified atom stereocenters. The van der Waals surface area contributed by atoms with E-state index < -0.39 is 0 Å². The Morgan fingerprint density at radius 1 is 1.28 bits per heavy atom. The molecule has 18 heavy (non-hydrogen) atoms. The van der Waals surface area contributed by atoms with Gasteiger partial charge in [0.15, 0.2) is 0 Å². The van der Waals surface area contributed by atoms with Gasteiger partial charge in [-0.1, -0.05) is 12.8 Å². The molecule has 1 saturated carbocycles. The Kier molecular flexibility index (Phi) is 3.12. The second-order valence-electron chi connectivity index (χ2n) is 4.84. The number of hydrogen-bond donors (Lipinski definition) is 0. The summed E-state index contributed by atoms with van der Waals surface area (Å²) < 4.78 is 0. The van der Waals surface area contributed by atoms with Gasteiger partial charge < -0.3 is 4.90 Å². The van der Waals surface area contributed by atoms with E-state index in [1.165, 1.54) is 24.6 Å². The fourth-order valence-corrected chi connectivity index (χ4v) is 3.78. The topological polar surface area (TPSA) is 37.4 Å². The minimum atomic E-state index is 0.207. The molecule has 3 nitrogen and oxygen atoms in total. The lowest BCUT2D eigenvalue weighted by Crippen LogP contribution is -2.42. The summed E-state index contributed by atoms with van der Waals surface area (Å²) in [6, 6.07) is 5.97. The second kappa shape index (κ2) is 4.76. The molecule has 94 valence electrons. The van der Waals surface area contributed by atoms with Crippen LogP contribution in [-0.4, -0.2) is 24.0 Å². The highest BCUT2D eigenvalue weighted by molar-refractivity contribution is 8.00. The van der Waals surface area contributed by atoms with Crippen molar-refractivity contribution in [1.82, 2.24) is 0 Å². The predicted molar refractivity (Wildman–Crippen MR) is 72.3 cm³/mol. The number of rotatable bonds is 2. The Balaban J connectivity index is 2.00. The minimum absolute atomic E-state index is 0.207. The lowest BCUT2D eigenvalue weighted by molar-refractivity contribution is -0.116. The molecular formula is C14H15NO2S. The minimum Gasteiger partial charge on any atom is -0.308 e. The van der Waals surface area contributed by atoms with Crippen LogP contribution in [0.2, 0.25) is 0 Å². The van der Waals surface area contributed by atoms with Crippen molar-refractivity contribution in [2.75, 3.05) is 10.7 Å². The van der Waals surface area contributed by atoms with E-state index >= 15 is 0 Å². The average molecular weight is 261 g/mol. The smallest absolute Gasteiger partial charge is 0.237 e. The number of carbonyl (C=O) groups excluding carboxylic acids is 2. The predicted octanol–water partition coefficient (Wildman–Crippen LogP) is 2.88. The van der Waals surface area contributed by atoms with Gasteiger partial charge in [0.1, 0.15) is 6.29 Å². The van der Waals surface area contributed by atoms with Crippen LogP contribution in [0.25, 0.3) is 0 Å². The second-order valence-corrected chi connectivity index (χ2v) is 5.85. The Hall–Kier alpha value is -1.29. The van der Waals surface area contributed by atoms with Gasteiger partial charge in [-0.3, -0.25) is 9.59 Å². The molecule has 0 saturated heterocycles. The summed E-state index contributed by atoms with van der Waals surface area (Å²) >= 11 is 1.54. The summed E-state index contributed by atoms with van der Waals surface area (Å²) in [6.45, 7) is 0. The summed E-state index contributed by atoms with van der Waals surface area (Å²) in [4.78, 5) is 26.0. The third-order valence-corrected chi connectivity index (χ3v) is 4.72. The molecule has 0 atom stereocenters. The molecule has 0 bridgehead atoms. The zero-order valence-corrected chi connectivity index (χ0v) is 10.9. The maximum absolute atomic E-state index is 12.1. The van der Waals surface area contributed by atoms with Crippen molar-refractivity contribution in [3.63, 3.8) is 0 Å². The molecule has 0 aromatic heterocycles. The lowest BCUT2D eigenvalue weighted by Gasteiger charge is -2.34. The number of fused-ring (bicyclic) bond motifs is 1. The van der Waals surface area contributed by atoms with Crippen LogP contribution in [0, 0.1) is 0 Å². The molecule has 1 aliphatic heterocycles. The number of thioether (sulfide) groups is 1. The summed E-state index contributed by atoms with van der Waals surface area (Å²) in [5.41, 5.74) is 1.68. The van der Waals surface area contributed by atoms with E-state index in [0.717, 1.165) is 29.7 Å². The first-order valence-corrected chi connectivity index (χ1v) is 7.32. The van der Waals surface area contributed by atoms with E-state index in [1.807, 2.05) is 17.0 Å². The van der Waals surface area contributed by atoms with Gasteiger partial charge in [-0.05, 0) is 31.0 Å². The van der Waals surface area contributed by atoms with Crippen LogP contribution in [0.1, 0.15) is 36.0 Å². The molecule has 2 aliphatic rings. The Morgan fingerprint density at radius 3 is 2.78 bits per heavy atom. The van der Waals surface area contributed by atoms with E-state index in [-0.39, 0.29) is 5.91 Å². The number of amides is 1. The van der Waals surface area contributed by atoms with Crippen LogP contribution in [0.4, 0.5) is 5.69 Å². The van der Waals surface area contributed by atoms with Crippen molar-refractivity contribution in [1.29, 1.82) is 0 Å². The SMILES string of the molecule is O=Cc1ccc2c(c1)SCC(=O)N2C1CCCC1. The van der Waals surface area contributed by atoms with Crippen molar-refractivity contribution in [3.8, 4) is 0 Å². The third kappa shape index (κ3) is 1.94. The van der Waals surface area contributed by atoms with Crippen LogP contribution in [0.3, 0.4) is 0 Å². The van der Waals surface area contributed by atoms with E-state index in [4.69, 9.17) is 0 Å². The first-order valence-electron chi connectivity index (χ1n) is 6.33. The summed E-state index contributed by atoms with van der Waals surface area (Å²) in [5.74, 6) is 0.699. The highest BCUT2D eigenvalue weighted by Crippen LogP contribution is 2.39. The summed E-state index contributed by atoms with van der Waals surface area (Å²) in [7, 11) is 0. The van der Waals surface area contributed by atoms with E-state index in [9.17, 15) is 9.59 Å². The molecule has 1 amide bonds. The monoisotopic (exact) mass is 261 g/mol. The molecule has 1 fully saturated rings. The molecule has 1 heterocycles. The third-order valence-electron chi connectivity index (χ3n) is 3.69. The van der Waals surface area contributed by atoms with Crippen LogP contribution < -0.4 is 4.90 Å². The molecular weight excluding hydrogens is 246 g/mol. The van der Waals surface area contributed by atoms with Crippen LogP contribution in [-0.2, 0) is 4.79 Å². The highest BCUT2D eigenvalue weighted by Gasteiger charge is 2.32. The van der Waals surface area contributed by atoms with Crippen molar-refractivity contribution in [2.45, 2.75) is 36.6 Å². The molecule has 1 aromatic carbocycles. The van der Waals surface area contributed by atoms with Crippen LogP contribution in [0.5, 0.6) is 0 Å². The standard InChI is InChI=1S/C14H15NO2S/c16-8-10-5-6-12-13(7-10)18-9-14(17)15(12)11-3-1-2-4-11/h5-8,11H,1-4,9H2. The Labute approximate surface area is 111 Å². The Morgan fingerprint density at radius 2 is 2.06 bits per heavy atom. The van der Waals surface area contributed by atoms with Crippen molar-refractivity contribution in [3.05, 3.63) is 23.8 Å². The molecule has 3 rings (SSSR count). The molecule has 0 N–H and O–H groups in total. The van der Waals surface area contributed by atoms with Crippen molar-refractivity contribution < 1.29 is 9.59 Å². The van der Waals surface area contributed by atoms with Gasteiger partial charge in [0.25, 0.3) is 0 Å². The number of carbonyl (C=O) groups is 2. The normalized spacial score (nSPS) is 20.0. The van der Waals surface area contributed by atoms with Gasteiger partial charge in [-0.25, -0.2) is 0 Å². The number of aldehydes is 1. The van der Waals surface area contributed by atoms with Gasteiger partial charge in [-0.15, -0.1) is 11.8 Å². The first-order chi connectivity index (χ1) is 8.79. The highest BCUT2D eigenvalue weighted by atomic mass is 32.2. The van der Waals surface area contributed by atoms with E-state index in [1.54, 1.807) is 6.07 Å². The van der Waals surface area contributed by atoms with Gasteiger partial charge in [-0.2, -0.15) is 0 Å². The fourth-order valence-electron chi connectivity index (χ4n) is 2.82. The van der Waals surface area contributed by atoms with Crippen LogP contribution >= 0.6 is 11.8 Å². The molecule has 0 spiro atoms. The van der Waals surface area contributed by atoms with Crippen molar-refractivity contribution >= 4 is 29.6 Å². The van der Waals surface area contributed by atoms with E-state index in [2.05, 4.69) is 0 Å². The number of hydrogen-bond acceptors (Lipinski definition) is 3. The van der Waals surface area contributed by atoms with Gasteiger partial charge in [0.2, 0.25) is 5.91 Å². The Bertz CT molecular complexity index is 495. The maximum atomic E-state index is 12.1. The first kappa shape index (κ1) is 11.8. The average Bonchev–Trinajstić information content (AvgIpc) is 2.91. The molecule has 1 aliphatic carbocycles. The molecule has 4 heteroatoms. The van der Waals surface area contributed by atoms with Gasteiger partial charge in [0.05, 0.1) is 11.4 Å². The van der Waals surface area contributed by atoms with Gasteiger partial charge in [0, 0.05) is 16.5 Å². The number of benzene rings is 1. The summed E-state index contributed by atoms with van der Waals surface area (Å²) in [6.07, 6.45) is 5.49. The zero-order valence-electron chi connectivity index (χ0n) is 10.1. The maximum Gasteiger partial charge on any atom is 0.237 e. The number of anilines is 1. The molecule has 1 aromatic rings. The van der Waals surface area contributed by atoms with Gasteiger partial charge >= 0.3 is 0 Å². The fraction of sp³-hybridized carbons (Fsp3) is 0.429.